The average Bonchev–Trinajstić information content (AvgIpc) is 2.26. The summed E-state index contributed by atoms with van der Waals surface area (Å²) in [7, 11) is 1.56. The van der Waals surface area contributed by atoms with E-state index in [1.807, 2.05) is 6.92 Å². The molecule has 102 valence electrons. The first kappa shape index (κ1) is 15.1. The summed E-state index contributed by atoms with van der Waals surface area (Å²) in [6.45, 7) is 2.78. The van der Waals surface area contributed by atoms with Crippen molar-refractivity contribution in [2.75, 3.05) is 25.6 Å². The standard InChI is InChI=1S/C12H15ClF3NO/c1-8(7-18-2)6-17-11-4-3-9(13)5-10(11)12(14,15)16/h3-5,8,17H,6-7H2,1-2H3. The van der Waals surface area contributed by atoms with Gasteiger partial charge in [0.05, 0.1) is 12.2 Å². The van der Waals surface area contributed by atoms with Gasteiger partial charge in [-0.15, -0.1) is 0 Å². The molecule has 18 heavy (non-hydrogen) atoms. The lowest BCUT2D eigenvalue weighted by Gasteiger charge is -2.17. The zero-order chi connectivity index (χ0) is 13.8. The molecule has 0 heterocycles. The maximum Gasteiger partial charge on any atom is 0.418 e. The van der Waals surface area contributed by atoms with Crippen LogP contribution >= 0.6 is 11.6 Å². The summed E-state index contributed by atoms with van der Waals surface area (Å²) in [5, 5.41) is 2.84. The van der Waals surface area contributed by atoms with Crippen LogP contribution in [0.15, 0.2) is 18.2 Å². The van der Waals surface area contributed by atoms with E-state index >= 15 is 0 Å². The van der Waals surface area contributed by atoms with E-state index in [1.54, 1.807) is 7.11 Å². The first-order chi connectivity index (χ1) is 8.34. The quantitative estimate of drug-likeness (QED) is 0.879. The van der Waals surface area contributed by atoms with E-state index in [2.05, 4.69) is 5.32 Å². The highest BCUT2D eigenvalue weighted by Crippen LogP contribution is 2.36. The molecule has 1 aromatic carbocycles. The van der Waals surface area contributed by atoms with Gasteiger partial charge in [-0.1, -0.05) is 18.5 Å². The molecule has 0 fully saturated rings. The van der Waals surface area contributed by atoms with Crippen LogP contribution in [0.1, 0.15) is 12.5 Å². The maximum atomic E-state index is 12.8. The number of halogens is 4. The highest BCUT2D eigenvalue weighted by Gasteiger charge is 2.33. The largest absolute Gasteiger partial charge is 0.418 e. The van der Waals surface area contributed by atoms with Crippen LogP contribution in [0.2, 0.25) is 5.02 Å². The second kappa shape index (κ2) is 6.29. The molecule has 2 nitrogen and oxygen atoms in total. The van der Waals surface area contributed by atoms with Crippen molar-refractivity contribution in [2.24, 2.45) is 5.92 Å². The first-order valence-corrected chi connectivity index (χ1v) is 5.82. The number of anilines is 1. The number of nitrogens with one attached hydrogen (secondary N) is 1. The van der Waals surface area contributed by atoms with E-state index < -0.39 is 11.7 Å². The van der Waals surface area contributed by atoms with Gasteiger partial charge in [0.15, 0.2) is 0 Å². The molecule has 0 aliphatic rings. The van der Waals surface area contributed by atoms with Crippen molar-refractivity contribution < 1.29 is 17.9 Å². The summed E-state index contributed by atoms with van der Waals surface area (Å²) >= 11 is 5.59. The molecule has 1 unspecified atom stereocenters. The van der Waals surface area contributed by atoms with E-state index in [4.69, 9.17) is 16.3 Å². The monoisotopic (exact) mass is 281 g/mol. The molecule has 0 aliphatic carbocycles. The van der Waals surface area contributed by atoms with Crippen molar-refractivity contribution in [1.29, 1.82) is 0 Å². The average molecular weight is 282 g/mol. The van der Waals surface area contributed by atoms with Crippen LogP contribution in [-0.2, 0) is 10.9 Å². The Morgan fingerprint density at radius 3 is 2.61 bits per heavy atom. The minimum Gasteiger partial charge on any atom is -0.384 e. The lowest BCUT2D eigenvalue weighted by Crippen LogP contribution is -2.18. The number of hydrogen-bond donors (Lipinski definition) is 1. The topological polar surface area (TPSA) is 21.3 Å². The van der Waals surface area contributed by atoms with E-state index in [-0.39, 0.29) is 16.6 Å². The molecule has 0 saturated carbocycles. The number of methoxy groups -OCH3 is 1. The summed E-state index contributed by atoms with van der Waals surface area (Å²) in [5.41, 5.74) is -0.713. The Morgan fingerprint density at radius 2 is 2.06 bits per heavy atom. The molecule has 1 N–H and O–H groups in total. The number of ether oxygens (including phenoxy) is 1. The normalized spacial score (nSPS) is 13.4. The molecule has 1 atom stereocenters. The molecule has 0 radical (unpaired) electrons. The van der Waals surface area contributed by atoms with Crippen molar-refractivity contribution in [3.05, 3.63) is 28.8 Å². The van der Waals surface area contributed by atoms with Gasteiger partial charge in [-0.2, -0.15) is 13.2 Å². The Labute approximate surface area is 109 Å². The van der Waals surface area contributed by atoms with Gasteiger partial charge >= 0.3 is 6.18 Å². The molecule has 6 heteroatoms. The van der Waals surface area contributed by atoms with Gasteiger partial charge in [-0.05, 0) is 24.1 Å². The van der Waals surface area contributed by atoms with Crippen LogP contribution in [0.5, 0.6) is 0 Å². The zero-order valence-corrected chi connectivity index (χ0v) is 10.9. The van der Waals surface area contributed by atoms with Crippen molar-refractivity contribution in [1.82, 2.24) is 0 Å². The van der Waals surface area contributed by atoms with E-state index in [9.17, 15) is 13.2 Å². The fraction of sp³-hybridized carbons (Fsp3) is 0.500. The van der Waals surface area contributed by atoms with Crippen molar-refractivity contribution in [3.8, 4) is 0 Å². The van der Waals surface area contributed by atoms with Crippen LogP contribution < -0.4 is 5.32 Å². The van der Waals surface area contributed by atoms with Gasteiger partial charge in [0, 0.05) is 24.4 Å². The van der Waals surface area contributed by atoms with Crippen LogP contribution in [0, 0.1) is 5.92 Å². The Bertz CT molecular complexity index is 395. The first-order valence-electron chi connectivity index (χ1n) is 5.44. The number of hydrogen-bond acceptors (Lipinski definition) is 2. The SMILES string of the molecule is COCC(C)CNc1ccc(Cl)cc1C(F)(F)F. The van der Waals surface area contributed by atoms with Crippen molar-refractivity contribution >= 4 is 17.3 Å². The Balaban J connectivity index is 2.82. The lowest BCUT2D eigenvalue weighted by atomic mass is 10.1. The molecule has 0 aliphatic heterocycles. The third kappa shape index (κ3) is 4.38. The molecule has 0 amide bonds. The van der Waals surface area contributed by atoms with Crippen LogP contribution in [0.4, 0.5) is 18.9 Å². The minimum atomic E-state index is -4.42. The predicted octanol–water partition coefficient (Wildman–Crippen LogP) is 4.05. The highest BCUT2D eigenvalue weighted by molar-refractivity contribution is 6.30. The van der Waals surface area contributed by atoms with Crippen LogP contribution in [0.25, 0.3) is 0 Å². The minimum absolute atomic E-state index is 0.0369. The molecule has 0 saturated heterocycles. The second-order valence-corrected chi connectivity index (χ2v) is 4.57. The number of rotatable bonds is 5. The van der Waals surface area contributed by atoms with Crippen LogP contribution in [0.3, 0.4) is 0 Å². The van der Waals surface area contributed by atoms with Crippen molar-refractivity contribution in [3.63, 3.8) is 0 Å². The summed E-state index contributed by atoms with van der Waals surface area (Å²) < 4.78 is 43.3. The summed E-state index contributed by atoms with van der Waals surface area (Å²) in [5.74, 6) is 0.117. The Kier molecular flexibility index (Phi) is 5.28. The van der Waals surface area contributed by atoms with E-state index in [0.29, 0.717) is 13.2 Å². The van der Waals surface area contributed by atoms with Gasteiger partial charge in [-0.25, -0.2) is 0 Å². The zero-order valence-electron chi connectivity index (χ0n) is 10.1. The van der Waals surface area contributed by atoms with Crippen molar-refractivity contribution in [2.45, 2.75) is 13.1 Å². The molecular weight excluding hydrogens is 267 g/mol. The fourth-order valence-corrected chi connectivity index (χ4v) is 1.70. The molecular formula is C12H15ClF3NO. The Hall–Kier alpha value is -0.940. The fourth-order valence-electron chi connectivity index (χ4n) is 1.53. The summed E-state index contributed by atoms with van der Waals surface area (Å²) in [6, 6.07) is 3.69. The van der Waals surface area contributed by atoms with Gasteiger partial charge < -0.3 is 10.1 Å². The lowest BCUT2D eigenvalue weighted by molar-refractivity contribution is -0.136. The predicted molar refractivity (Wildman–Crippen MR) is 66.0 cm³/mol. The van der Waals surface area contributed by atoms with Crippen LogP contribution in [-0.4, -0.2) is 20.3 Å². The molecule has 0 spiro atoms. The summed E-state index contributed by atoms with van der Waals surface area (Å²) in [4.78, 5) is 0. The molecule has 0 bridgehead atoms. The van der Waals surface area contributed by atoms with E-state index in [1.165, 1.54) is 12.1 Å². The molecule has 1 aromatic rings. The van der Waals surface area contributed by atoms with Gasteiger partial charge in [0.25, 0.3) is 0 Å². The van der Waals surface area contributed by atoms with E-state index in [0.717, 1.165) is 6.07 Å². The number of benzene rings is 1. The molecule has 1 rings (SSSR count). The van der Waals surface area contributed by atoms with Gasteiger partial charge in [0.2, 0.25) is 0 Å². The third-order valence-corrected chi connectivity index (χ3v) is 2.61. The Morgan fingerprint density at radius 1 is 1.39 bits per heavy atom. The number of alkyl halides is 3. The van der Waals surface area contributed by atoms with Gasteiger partial charge in [0.1, 0.15) is 0 Å². The second-order valence-electron chi connectivity index (χ2n) is 4.13. The smallest absolute Gasteiger partial charge is 0.384 e. The molecule has 0 aromatic heterocycles. The van der Waals surface area contributed by atoms with Gasteiger partial charge in [-0.3, -0.25) is 0 Å². The third-order valence-electron chi connectivity index (χ3n) is 2.38. The highest BCUT2D eigenvalue weighted by atomic mass is 35.5. The maximum absolute atomic E-state index is 12.8. The summed E-state index contributed by atoms with van der Waals surface area (Å²) in [6.07, 6.45) is -4.42.